The first-order chi connectivity index (χ1) is 9.44. The van der Waals surface area contributed by atoms with E-state index in [9.17, 15) is 9.90 Å². The third-order valence-corrected chi connectivity index (χ3v) is 2.91. The van der Waals surface area contributed by atoms with E-state index in [4.69, 9.17) is 9.47 Å². The average Bonchev–Trinajstić information content (AvgIpc) is 2.44. The fraction of sp³-hybridized carbons (Fsp3) is 0.533. The molecule has 0 saturated carbocycles. The molecule has 2 N–H and O–H groups in total. The number of hydrogen-bond acceptors (Lipinski definition) is 4. The van der Waals surface area contributed by atoms with Crippen LogP contribution in [0.2, 0.25) is 0 Å². The van der Waals surface area contributed by atoms with Gasteiger partial charge in [0.05, 0.1) is 5.60 Å². The third-order valence-electron chi connectivity index (χ3n) is 2.91. The largest absolute Gasteiger partial charge is 0.481 e. The van der Waals surface area contributed by atoms with Gasteiger partial charge >= 0.3 is 0 Å². The molecule has 1 aromatic rings. The van der Waals surface area contributed by atoms with Gasteiger partial charge in [-0.25, -0.2) is 0 Å². The lowest BCUT2D eigenvalue weighted by molar-refractivity contribution is -0.128. The normalized spacial score (nSPS) is 15.2. The molecule has 0 fully saturated rings. The number of nitrogens with one attached hydrogen (secondary N) is 1. The van der Waals surface area contributed by atoms with Crippen molar-refractivity contribution in [1.29, 1.82) is 0 Å². The minimum Gasteiger partial charge on any atom is -0.481 e. The van der Waals surface area contributed by atoms with E-state index in [-0.39, 0.29) is 12.5 Å². The van der Waals surface area contributed by atoms with Gasteiger partial charge in [-0.15, -0.1) is 0 Å². The number of methoxy groups -OCH3 is 1. The number of para-hydroxylation sites is 1. The van der Waals surface area contributed by atoms with Crippen molar-refractivity contribution in [3.63, 3.8) is 0 Å². The van der Waals surface area contributed by atoms with Crippen molar-refractivity contribution in [3.8, 4) is 5.75 Å². The molecule has 1 aromatic carbocycles. The maximum absolute atomic E-state index is 11.9. The third kappa shape index (κ3) is 6.04. The highest BCUT2D eigenvalue weighted by Gasteiger charge is 2.23. The first-order valence-electron chi connectivity index (χ1n) is 6.65. The minimum atomic E-state index is -0.988. The van der Waals surface area contributed by atoms with Gasteiger partial charge < -0.3 is 19.9 Å². The molecule has 1 rings (SSSR count). The molecule has 2 unspecified atom stereocenters. The van der Waals surface area contributed by atoms with E-state index < -0.39 is 11.7 Å². The highest BCUT2D eigenvalue weighted by molar-refractivity contribution is 5.80. The summed E-state index contributed by atoms with van der Waals surface area (Å²) in [6.07, 6.45) is -0.159. The highest BCUT2D eigenvalue weighted by Crippen LogP contribution is 2.11. The van der Waals surface area contributed by atoms with Crippen molar-refractivity contribution in [1.82, 2.24) is 5.32 Å². The van der Waals surface area contributed by atoms with Gasteiger partial charge in [-0.05, 0) is 26.0 Å². The minimum absolute atomic E-state index is 0.164. The molecule has 5 heteroatoms. The second kappa shape index (κ2) is 7.87. The monoisotopic (exact) mass is 281 g/mol. The smallest absolute Gasteiger partial charge is 0.260 e. The Labute approximate surface area is 119 Å². The fourth-order valence-corrected chi connectivity index (χ4v) is 1.59. The Hall–Kier alpha value is -1.59. The summed E-state index contributed by atoms with van der Waals surface area (Å²) in [6.45, 7) is 3.94. The number of benzene rings is 1. The van der Waals surface area contributed by atoms with E-state index in [1.54, 1.807) is 33.1 Å². The molecule has 0 aliphatic rings. The van der Waals surface area contributed by atoms with Crippen molar-refractivity contribution in [2.45, 2.75) is 32.0 Å². The number of hydrogen-bond donors (Lipinski definition) is 2. The number of ether oxygens (including phenoxy) is 2. The topological polar surface area (TPSA) is 67.8 Å². The second-order valence-electron chi connectivity index (χ2n) is 5.03. The molecule has 0 radical (unpaired) electrons. The molecule has 0 saturated heterocycles. The molecule has 1 amide bonds. The summed E-state index contributed by atoms with van der Waals surface area (Å²) in [4.78, 5) is 11.9. The van der Waals surface area contributed by atoms with Crippen molar-refractivity contribution in [2.24, 2.45) is 0 Å². The Morgan fingerprint density at radius 2 is 2.05 bits per heavy atom. The van der Waals surface area contributed by atoms with Crippen LogP contribution in [0.4, 0.5) is 0 Å². The maximum atomic E-state index is 11.9. The maximum Gasteiger partial charge on any atom is 0.260 e. The predicted octanol–water partition coefficient (Wildman–Crippen LogP) is 1.36. The Kier molecular flexibility index (Phi) is 6.48. The van der Waals surface area contributed by atoms with Gasteiger partial charge in [0.1, 0.15) is 5.75 Å². The number of carbonyl (C=O) groups excluding carboxylic acids is 1. The molecule has 0 heterocycles. The summed E-state index contributed by atoms with van der Waals surface area (Å²) in [5, 5.41) is 12.7. The van der Waals surface area contributed by atoms with Crippen LogP contribution >= 0.6 is 0 Å². The van der Waals surface area contributed by atoms with Gasteiger partial charge in [0.2, 0.25) is 0 Å². The molecule has 0 aliphatic heterocycles. The Morgan fingerprint density at radius 3 is 2.65 bits per heavy atom. The lowest BCUT2D eigenvalue weighted by Gasteiger charge is -2.24. The lowest BCUT2D eigenvalue weighted by Crippen LogP contribution is -2.45. The van der Waals surface area contributed by atoms with E-state index in [0.29, 0.717) is 18.8 Å². The van der Waals surface area contributed by atoms with Crippen molar-refractivity contribution in [2.75, 3.05) is 20.3 Å². The number of amides is 1. The van der Waals surface area contributed by atoms with Crippen LogP contribution in [0.15, 0.2) is 30.3 Å². The van der Waals surface area contributed by atoms with Gasteiger partial charge in [-0.2, -0.15) is 0 Å². The van der Waals surface area contributed by atoms with Crippen LogP contribution in [0.1, 0.15) is 20.3 Å². The van der Waals surface area contributed by atoms with Gasteiger partial charge in [0, 0.05) is 26.7 Å². The van der Waals surface area contributed by atoms with Crippen LogP contribution in [0.25, 0.3) is 0 Å². The van der Waals surface area contributed by atoms with Crippen molar-refractivity contribution < 1.29 is 19.4 Å². The second-order valence-corrected chi connectivity index (χ2v) is 5.03. The molecular formula is C15H23NO4. The summed E-state index contributed by atoms with van der Waals surface area (Å²) in [5.74, 6) is 0.382. The van der Waals surface area contributed by atoms with Crippen LogP contribution in [-0.2, 0) is 9.53 Å². The molecule has 2 atom stereocenters. The first-order valence-corrected chi connectivity index (χ1v) is 6.65. The molecule has 0 aliphatic carbocycles. The van der Waals surface area contributed by atoms with Crippen LogP contribution < -0.4 is 10.1 Å². The molecule has 112 valence electrons. The summed E-state index contributed by atoms with van der Waals surface area (Å²) < 4.78 is 10.4. The molecule has 0 spiro atoms. The SMILES string of the molecule is COCCC(C)(O)CNC(=O)C(C)Oc1ccccc1. The van der Waals surface area contributed by atoms with Crippen LogP contribution in [0.5, 0.6) is 5.75 Å². The molecule has 0 bridgehead atoms. The van der Waals surface area contributed by atoms with Gasteiger partial charge in [-0.1, -0.05) is 18.2 Å². The molecule has 0 aromatic heterocycles. The van der Waals surface area contributed by atoms with E-state index in [0.717, 1.165) is 0 Å². The van der Waals surface area contributed by atoms with Gasteiger partial charge in [0.25, 0.3) is 5.91 Å². The zero-order chi connectivity index (χ0) is 15.0. The van der Waals surface area contributed by atoms with Gasteiger partial charge in [0.15, 0.2) is 6.10 Å². The summed E-state index contributed by atoms with van der Waals surface area (Å²) >= 11 is 0. The number of rotatable bonds is 8. The van der Waals surface area contributed by atoms with Crippen LogP contribution in [0.3, 0.4) is 0 Å². The fourth-order valence-electron chi connectivity index (χ4n) is 1.59. The van der Waals surface area contributed by atoms with Crippen LogP contribution in [0, 0.1) is 0 Å². The van der Waals surface area contributed by atoms with Gasteiger partial charge in [-0.3, -0.25) is 4.79 Å². The van der Waals surface area contributed by atoms with E-state index >= 15 is 0 Å². The molecule has 20 heavy (non-hydrogen) atoms. The number of carbonyl (C=O) groups is 1. The first kappa shape index (κ1) is 16.5. The quantitative estimate of drug-likeness (QED) is 0.755. The lowest BCUT2D eigenvalue weighted by atomic mass is 10.0. The zero-order valence-corrected chi connectivity index (χ0v) is 12.3. The summed E-state index contributed by atoms with van der Waals surface area (Å²) in [7, 11) is 1.57. The Balaban J connectivity index is 2.38. The predicted molar refractivity (Wildman–Crippen MR) is 76.7 cm³/mol. The average molecular weight is 281 g/mol. The van der Waals surface area contributed by atoms with E-state index in [1.807, 2.05) is 18.2 Å². The van der Waals surface area contributed by atoms with Crippen LogP contribution in [-0.4, -0.2) is 43.0 Å². The summed E-state index contributed by atoms with van der Waals surface area (Å²) in [6, 6.07) is 9.15. The molecular weight excluding hydrogens is 258 g/mol. The Morgan fingerprint density at radius 1 is 1.40 bits per heavy atom. The standard InChI is InChI=1S/C15H23NO4/c1-12(20-13-7-5-4-6-8-13)14(17)16-11-15(2,18)9-10-19-3/h4-8,12,18H,9-11H2,1-3H3,(H,16,17). The molecule has 5 nitrogen and oxygen atoms in total. The summed E-state index contributed by atoms with van der Waals surface area (Å²) in [5.41, 5.74) is -0.988. The van der Waals surface area contributed by atoms with E-state index in [2.05, 4.69) is 5.32 Å². The number of aliphatic hydroxyl groups is 1. The Bertz CT molecular complexity index is 406. The van der Waals surface area contributed by atoms with Crippen molar-refractivity contribution >= 4 is 5.91 Å². The highest BCUT2D eigenvalue weighted by atomic mass is 16.5. The zero-order valence-electron chi connectivity index (χ0n) is 12.3. The van der Waals surface area contributed by atoms with E-state index in [1.165, 1.54) is 0 Å². The van der Waals surface area contributed by atoms with Crippen molar-refractivity contribution in [3.05, 3.63) is 30.3 Å².